The zero-order valence-electron chi connectivity index (χ0n) is 17.0. The van der Waals surface area contributed by atoms with Crippen LogP contribution in [0.5, 0.6) is 17.2 Å². The molecule has 2 N–H and O–H groups in total. The normalized spacial score (nSPS) is 14.8. The van der Waals surface area contributed by atoms with Gasteiger partial charge in [-0.3, -0.25) is 0 Å². The number of phenolic OH excluding ortho intramolecular Hbond substituents is 1. The highest BCUT2D eigenvalue weighted by molar-refractivity contribution is 14.0. The molecule has 0 radical (unpaired) electrons. The van der Waals surface area contributed by atoms with Gasteiger partial charge in [-0.25, -0.2) is 4.99 Å². The molecule has 0 spiro atoms. The zero-order valence-corrected chi connectivity index (χ0v) is 19.3. The van der Waals surface area contributed by atoms with Crippen LogP contribution in [0.3, 0.4) is 0 Å². The van der Waals surface area contributed by atoms with Gasteiger partial charge in [-0.15, -0.1) is 24.0 Å². The topological polar surface area (TPSA) is 66.3 Å². The molecule has 0 saturated carbocycles. The molecule has 2 aromatic carbocycles. The Balaban J connectivity index is 0.00000300. The average Bonchev–Trinajstić information content (AvgIpc) is 2.73. The molecule has 0 aliphatic carbocycles. The molecule has 0 unspecified atom stereocenters. The molecule has 0 amide bonds. The van der Waals surface area contributed by atoms with Gasteiger partial charge in [-0.2, -0.15) is 0 Å². The summed E-state index contributed by atoms with van der Waals surface area (Å²) in [5.74, 6) is 2.74. The van der Waals surface area contributed by atoms with Gasteiger partial charge in [0, 0.05) is 38.0 Å². The van der Waals surface area contributed by atoms with Gasteiger partial charge in [0.05, 0.1) is 13.7 Å². The molecule has 1 aliphatic rings. The summed E-state index contributed by atoms with van der Waals surface area (Å²) < 4.78 is 11.3. The Kier molecular flexibility index (Phi) is 9.37. The first-order chi connectivity index (χ1) is 13.7. The van der Waals surface area contributed by atoms with E-state index in [-0.39, 0.29) is 35.8 Å². The van der Waals surface area contributed by atoms with E-state index < -0.39 is 0 Å². The van der Waals surface area contributed by atoms with Crippen molar-refractivity contribution < 1.29 is 14.6 Å². The highest BCUT2D eigenvalue weighted by Gasteiger charge is 2.22. The average molecular weight is 511 g/mol. The molecule has 1 aliphatic heterocycles. The Labute approximate surface area is 190 Å². The molecule has 2 aromatic rings. The van der Waals surface area contributed by atoms with Crippen molar-refractivity contribution >= 4 is 29.9 Å². The molecular weight excluding hydrogens is 481 g/mol. The van der Waals surface area contributed by atoms with Crippen LogP contribution in [0, 0.1) is 0 Å². The summed E-state index contributed by atoms with van der Waals surface area (Å²) in [6, 6.07) is 15.2. The zero-order chi connectivity index (χ0) is 19.8. The quantitative estimate of drug-likeness (QED) is 0.349. The van der Waals surface area contributed by atoms with Crippen molar-refractivity contribution in [2.24, 2.45) is 4.99 Å². The van der Waals surface area contributed by atoms with Gasteiger partial charge in [0.15, 0.2) is 5.96 Å². The summed E-state index contributed by atoms with van der Waals surface area (Å²) in [6.45, 7) is 5.01. The highest BCUT2D eigenvalue weighted by atomic mass is 127. The van der Waals surface area contributed by atoms with Gasteiger partial charge >= 0.3 is 0 Å². The molecule has 1 saturated heterocycles. The van der Waals surface area contributed by atoms with Crippen LogP contribution in [0.1, 0.15) is 25.3 Å². The molecule has 1 heterocycles. The number of ether oxygens (including phenoxy) is 2. The van der Waals surface area contributed by atoms with Crippen LogP contribution in [0.25, 0.3) is 0 Å². The number of guanidine groups is 1. The molecule has 3 rings (SSSR count). The second kappa shape index (κ2) is 11.7. The van der Waals surface area contributed by atoms with Crippen LogP contribution in [-0.4, -0.2) is 48.8 Å². The monoisotopic (exact) mass is 511 g/mol. The molecular formula is C22H30IN3O3. The lowest BCUT2D eigenvalue weighted by Gasteiger charge is -2.34. The molecule has 7 heteroatoms. The van der Waals surface area contributed by atoms with E-state index >= 15 is 0 Å². The van der Waals surface area contributed by atoms with Crippen LogP contribution < -0.4 is 14.8 Å². The first-order valence-corrected chi connectivity index (χ1v) is 9.80. The van der Waals surface area contributed by atoms with E-state index in [4.69, 9.17) is 14.5 Å². The van der Waals surface area contributed by atoms with Crippen LogP contribution >= 0.6 is 24.0 Å². The second-order valence-electron chi connectivity index (χ2n) is 6.78. The highest BCUT2D eigenvalue weighted by Crippen LogP contribution is 2.24. The van der Waals surface area contributed by atoms with Gasteiger partial charge in [0.1, 0.15) is 23.4 Å². The van der Waals surface area contributed by atoms with Crippen molar-refractivity contribution in [2.75, 3.05) is 26.7 Å². The number of hydrogen-bond donors (Lipinski definition) is 2. The molecule has 0 bridgehead atoms. The third-order valence-electron chi connectivity index (χ3n) is 4.81. The molecule has 0 aromatic heterocycles. The lowest BCUT2D eigenvalue weighted by atomic mass is 10.1. The summed E-state index contributed by atoms with van der Waals surface area (Å²) in [5, 5.41) is 13.4. The number of para-hydroxylation sites is 1. The van der Waals surface area contributed by atoms with Crippen molar-refractivity contribution in [1.29, 1.82) is 0 Å². The molecule has 29 heavy (non-hydrogen) atoms. The van der Waals surface area contributed by atoms with Crippen molar-refractivity contribution in [2.45, 2.75) is 32.4 Å². The van der Waals surface area contributed by atoms with Crippen molar-refractivity contribution in [3.05, 3.63) is 54.1 Å². The van der Waals surface area contributed by atoms with E-state index in [9.17, 15) is 5.11 Å². The third kappa shape index (κ3) is 6.69. The lowest BCUT2D eigenvalue weighted by Crippen LogP contribution is -2.47. The van der Waals surface area contributed by atoms with E-state index in [1.165, 1.54) is 0 Å². The number of nitrogens with zero attached hydrogens (tertiary/aromatic N) is 2. The minimum Gasteiger partial charge on any atom is -0.508 e. The molecule has 158 valence electrons. The summed E-state index contributed by atoms with van der Waals surface area (Å²) >= 11 is 0. The Hall–Kier alpha value is -2.16. The number of aromatic hydroxyl groups is 1. The predicted octanol–water partition coefficient (Wildman–Crippen LogP) is 4.03. The number of phenols is 1. The largest absolute Gasteiger partial charge is 0.508 e. The smallest absolute Gasteiger partial charge is 0.194 e. The van der Waals surface area contributed by atoms with E-state index in [1.54, 1.807) is 19.2 Å². The van der Waals surface area contributed by atoms with Gasteiger partial charge in [0.25, 0.3) is 0 Å². The fourth-order valence-corrected chi connectivity index (χ4v) is 3.28. The third-order valence-corrected chi connectivity index (χ3v) is 4.81. The van der Waals surface area contributed by atoms with Crippen molar-refractivity contribution in [3.63, 3.8) is 0 Å². The standard InChI is InChI=1S/C22H29N3O3.HI/c1-3-23-22(24-16-17-15-20(27-2)9-10-21(17)26)25-13-11-19(12-14-25)28-18-7-5-4-6-8-18;/h4-10,15,19,26H,3,11-14,16H2,1-2H3,(H,23,24);1H. The number of likely N-dealkylation sites (tertiary alicyclic amines) is 1. The van der Waals surface area contributed by atoms with E-state index in [1.807, 2.05) is 36.4 Å². The van der Waals surface area contributed by atoms with Crippen molar-refractivity contribution in [1.82, 2.24) is 10.2 Å². The predicted molar refractivity (Wildman–Crippen MR) is 127 cm³/mol. The number of halogens is 1. The first-order valence-electron chi connectivity index (χ1n) is 9.80. The van der Waals surface area contributed by atoms with Gasteiger partial charge in [-0.05, 0) is 37.3 Å². The fraction of sp³-hybridized carbons (Fsp3) is 0.409. The van der Waals surface area contributed by atoms with Crippen LogP contribution in [0.4, 0.5) is 0 Å². The van der Waals surface area contributed by atoms with Crippen LogP contribution in [0.2, 0.25) is 0 Å². The van der Waals surface area contributed by atoms with Crippen LogP contribution in [-0.2, 0) is 6.54 Å². The Bertz CT molecular complexity index is 778. The molecule has 0 atom stereocenters. The maximum absolute atomic E-state index is 10.1. The number of methoxy groups -OCH3 is 1. The second-order valence-corrected chi connectivity index (χ2v) is 6.78. The summed E-state index contributed by atoms with van der Waals surface area (Å²) in [4.78, 5) is 6.98. The molecule has 1 fully saturated rings. The van der Waals surface area contributed by atoms with Crippen LogP contribution in [0.15, 0.2) is 53.5 Å². The number of rotatable bonds is 6. The number of hydrogen-bond acceptors (Lipinski definition) is 4. The number of nitrogens with one attached hydrogen (secondary N) is 1. The molecule has 6 nitrogen and oxygen atoms in total. The summed E-state index contributed by atoms with van der Waals surface area (Å²) in [7, 11) is 1.62. The summed E-state index contributed by atoms with van der Waals surface area (Å²) in [5.41, 5.74) is 0.747. The van der Waals surface area contributed by atoms with Gasteiger partial charge < -0.3 is 24.8 Å². The minimum absolute atomic E-state index is 0. The SMILES string of the molecule is CCNC(=NCc1cc(OC)ccc1O)N1CCC(Oc2ccccc2)CC1.I. The lowest BCUT2D eigenvalue weighted by molar-refractivity contribution is 0.129. The number of piperidine rings is 1. The van der Waals surface area contributed by atoms with Gasteiger partial charge in [0.2, 0.25) is 0 Å². The van der Waals surface area contributed by atoms with Gasteiger partial charge in [-0.1, -0.05) is 18.2 Å². The number of benzene rings is 2. The summed E-state index contributed by atoms with van der Waals surface area (Å²) in [6.07, 6.45) is 2.12. The fourth-order valence-electron chi connectivity index (χ4n) is 3.28. The number of aliphatic imine (C=N–C) groups is 1. The Morgan fingerprint density at radius 2 is 1.86 bits per heavy atom. The van der Waals surface area contributed by atoms with E-state index in [0.717, 1.165) is 49.7 Å². The maximum Gasteiger partial charge on any atom is 0.194 e. The first kappa shape index (κ1) is 23.1. The van der Waals surface area contributed by atoms with E-state index in [2.05, 4.69) is 17.1 Å². The maximum atomic E-state index is 10.1. The Morgan fingerprint density at radius 1 is 1.14 bits per heavy atom. The van der Waals surface area contributed by atoms with Crippen molar-refractivity contribution in [3.8, 4) is 17.2 Å². The van der Waals surface area contributed by atoms with E-state index in [0.29, 0.717) is 12.3 Å². The minimum atomic E-state index is 0. The Morgan fingerprint density at radius 3 is 2.52 bits per heavy atom.